The van der Waals surface area contributed by atoms with E-state index in [9.17, 15) is 5.26 Å². The molecule has 1 unspecified atom stereocenters. The van der Waals surface area contributed by atoms with Gasteiger partial charge in [-0.05, 0) is 42.0 Å². The topological polar surface area (TPSA) is 76.0 Å². The molecule has 1 aliphatic heterocycles. The third-order valence-corrected chi connectivity index (χ3v) is 5.95. The quantitative estimate of drug-likeness (QED) is 0.641. The lowest BCUT2D eigenvalue weighted by molar-refractivity contribution is 0.414. The number of hydrogen-bond donors (Lipinski definition) is 2. The molecular formula is C20H16N4OS2. The first-order valence-electron chi connectivity index (χ1n) is 8.26. The van der Waals surface area contributed by atoms with Crippen LogP contribution in [0.2, 0.25) is 0 Å². The van der Waals surface area contributed by atoms with Crippen molar-refractivity contribution < 1.29 is 4.74 Å². The molecule has 27 heavy (non-hydrogen) atoms. The van der Waals surface area contributed by atoms with Crippen LogP contribution < -0.4 is 15.8 Å². The largest absolute Gasteiger partial charge is 0.497 e. The lowest BCUT2D eigenvalue weighted by Crippen LogP contribution is -2.23. The summed E-state index contributed by atoms with van der Waals surface area (Å²) in [7, 11) is 1.63. The average molecular weight is 393 g/mol. The standard InChI is InChI=1S/C20H16N4OS2/c1-25-14-9-7-12(8-10-14)16-15(11-21)18(22)23-19-17(16)27-20(26)24(19)13-5-3-2-4-6-13/h2-10,16,23H,22H2,1H3. The van der Waals surface area contributed by atoms with E-state index in [4.69, 9.17) is 22.7 Å². The van der Waals surface area contributed by atoms with E-state index in [1.807, 2.05) is 59.2 Å². The van der Waals surface area contributed by atoms with Gasteiger partial charge < -0.3 is 15.8 Å². The number of methoxy groups -OCH3 is 1. The molecule has 1 aliphatic rings. The smallest absolute Gasteiger partial charge is 0.167 e. The first-order chi connectivity index (χ1) is 13.1. The number of para-hydroxylation sites is 1. The van der Waals surface area contributed by atoms with Crippen molar-refractivity contribution in [1.82, 2.24) is 4.57 Å². The molecule has 1 atom stereocenters. The summed E-state index contributed by atoms with van der Waals surface area (Å²) in [6, 6.07) is 19.8. The number of ether oxygens (including phenoxy) is 1. The SMILES string of the molecule is COc1ccc(C2C(C#N)=C(N)Nc3c2sc(=S)n3-c2ccccc2)cc1. The van der Waals surface area contributed by atoms with Crippen LogP contribution in [0, 0.1) is 15.3 Å². The normalized spacial score (nSPS) is 15.6. The highest BCUT2D eigenvalue weighted by Crippen LogP contribution is 2.45. The summed E-state index contributed by atoms with van der Waals surface area (Å²) in [5, 5.41) is 12.9. The molecule has 0 fully saturated rings. The molecule has 5 nitrogen and oxygen atoms in total. The van der Waals surface area contributed by atoms with E-state index in [-0.39, 0.29) is 5.92 Å². The highest BCUT2D eigenvalue weighted by atomic mass is 32.1. The van der Waals surface area contributed by atoms with Crippen LogP contribution >= 0.6 is 23.6 Å². The number of nitrogens with one attached hydrogen (secondary N) is 1. The summed E-state index contributed by atoms with van der Waals surface area (Å²) in [6.45, 7) is 0. The summed E-state index contributed by atoms with van der Waals surface area (Å²) in [5.74, 6) is 1.66. The Labute approximate surface area is 165 Å². The van der Waals surface area contributed by atoms with E-state index in [1.54, 1.807) is 7.11 Å². The zero-order valence-electron chi connectivity index (χ0n) is 14.5. The Balaban J connectivity index is 1.93. The highest BCUT2D eigenvalue weighted by Gasteiger charge is 2.33. The van der Waals surface area contributed by atoms with Crippen molar-refractivity contribution in [2.24, 2.45) is 5.73 Å². The molecule has 0 radical (unpaired) electrons. The van der Waals surface area contributed by atoms with Crippen LogP contribution in [0.5, 0.6) is 5.75 Å². The number of nitrogens with zero attached hydrogens (tertiary/aromatic N) is 2. The summed E-state index contributed by atoms with van der Waals surface area (Å²) in [5.41, 5.74) is 8.63. The van der Waals surface area contributed by atoms with Crippen molar-refractivity contribution in [3.63, 3.8) is 0 Å². The van der Waals surface area contributed by atoms with Gasteiger partial charge in [-0.15, -0.1) is 11.3 Å². The minimum atomic E-state index is -0.270. The van der Waals surface area contributed by atoms with Crippen LogP contribution in [0.4, 0.5) is 5.82 Å². The summed E-state index contributed by atoms with van der Waals surface area (Å²) in [6.07, 6.45) is 0. The number of thiazole rings is 1. The second kappa shape index (κ2) is 6.91. The molecule has 0 saturated heterocycles. The van der Waals surface area contributed by atoms with Crippen molar-refractivity contribution >= 4 is 29.4 Å². The molecule has 3 N–H and O–H groups in total. The van der Waals surface area contributed by atoms with Crippen molar-refractivity contribution in [3.8, 4) is 17.5 Å². The Morgan fingerprint density at radius 1 is 1.19 bits per heavy atom. The summed E-state index contributed by atoms with van der Waals surface area (Å²) < 4.78 is 7.91. The number of nitrogens with two attached hydrogens (primary N) is 1. The maximum absolute atomic E-state index is 9.73. The minimum absolute atomic E-state index is 0.270. The fourth-order valence-corrected chi connectivity index (χ4v) is 4.79. The van der Waals surface area contributed by atoms with Crippen LogP contribution in [-0.2, 0) is 0 Å². The molecule has 3 aromatic rings. The minimum Gasteiger partial charge on any atom is -0.497 e. The first kappa shape index (κ1) is 17.3. The number of allylic oxidation sites excluding steroid dienone is 1. The van der Waals surface area contributed by atoms with Gasteiger partial charge >= 0.3 is 0 Å². The number of fused-ring (bicyclic) bond motifs is 1. The molecule has 134 valence electrons. The Bertz CT molecular complexity index is 1120. The summed E-state index contributed by atoms with van der Waals surface area (Å²) in [4.78, 5) is 0.972. The molecule has 0 bridgehead atoms. The van der Waals surface area contributed by atoms with Gasteiger partial charge in [-0.25, -0.2) is 0 Å². The fraction of sp³-hybridized carbons (Fsp3) is 0.100. The summed E-state index contributed by atoms with van der Waals surface area (Å²) >= 11 is 7.13. The molecule has 1 aromatic heterocycles. The predicted molar refractivity (Wildman–Crippen MR) is 110 cm³/mol. The van der Waals surface area contributed by atoms with E-state index in [2.05, 4.69) is 11.4 Å². The molecule has 2 aromatic carbocycles. The third-order valence-electron chi connectivity index (χ3n) is 4.51. The average Bonchev–Trinajstić information content (AvgIpc) is 3.03. The monoisotopic (exact) mass is 392 g/mol. The van der Waals surface area contributed by atoms with Crippen LogP contribution in [0.3, 0.4) is 0 Å². The molecule has 7 heteroatoms. The molecule has 4 rings (SSSR count). The lowest BCUT2D eigenvalue weighted by Gasteiger charge is -2.25. The Morgan fingerprint density at radius 3 is 2.52 bits per heavy atom. The third kappa shape index (κ3) is 2.89. The lowest BCUT2D eigenvalue weighted by atomic mass is 9.88. The van der Waals surface area contributed by atoms with E-state index >= 15 is 0 Å². The molecule has 2 heterocycles. The zero-order valence-corrected chi connectivity index (χ0v) is 16.1. The molecule has 0 amide bonds. The number of nitriles is 1. The number of hydrogen-bond acceptors (Lipinski definition) is 6. The van der Waals surface area contributed by atoms with Crippen molar-refractivity contribution in [3.05, 3.63) is 80.4 Å². The van der Waals surface area contributed by atoms with Crippen molar-refractivity contribution in [1.29, 1.82) is 5.26 Å². The van der Waals surface area contributed by atoms with Crippen LogP contribution in [0.1, 0.15) is 16.4 Å². The molecular weight excluding hydrogens is 376 g/mol. The maximum Gasteiger partial charge on any atom is 0.167 e. The van der Waals surface area contributed by atoms with E-state index in [0.29, 0.717) is 15.3 Å². The number of benzene rings is 2. The van der Waals surface area contributed by atoms with Gasteiger partial charge in [0.2, 0.25) is 0 Å². The number of rotatable bonds is 3. The van der Waals surface area contributed by atoms with Gasteiger partial charge in [-0.1, -0.05) is 30.3 Å². The van der Waals surface area contributed by atoms with Crippen LogP contribution in [-0.4, -0.2) is 11.7 Å². The Morgan fingerprint density at radius 2 is 1.89 bits per heavy atom. The van der Waals surface area contributed by atoms with Crippen LogP contribution in [0.15, 0.2) is 66.0 Å². The molecule has 0 aliphatic carbocycles. The second-order valence-electron chi connectivity index (χ2n) is 6.02. The van der Waals surface area contributed by atoms with Gasteiger partial charge in [0, 0.05) is 5.69 Å². The number of aromatic nitrogens is 1. The highest BCUT2D eigenvalue weighted by molar-refractivity contribution is 7.73. The fourth-order valence-electron chi connectivity index (χ4n) is 3.23. The number of anilines is 1. The van der Waals surface area contributed by atoms with Crippen molar-refractivity contribution in [2.75, 3.05) is 12.4 Å². The van der Waals surface area contributed by atoms with Gasteiger partial charge in [-0.3, -0.25) is 4.57 Å². The molecule has 0 saturated carbocycles. The van der Waals surface area contributed by atoms with Gasteiger partial charge in [0.1, 0.15) is 17.4 Å². The Hall–Kier alpha value is -3.08. The second-order valence-corrected chi connectivity index (χ2v) is 7.70. The Kier molecular flexibility index (Phi) is 4.44. The zero-order chi connectivity index (χ0) is 19.0. The van der Waals surface area contributed by atoms with Crippen LogP contribution in [0.25, 0.3) is 5.69 Å². The van der Waals surface area contributed by atoms with Gasteiger partial charge in [0.15, 0.2) is 3.95 Å². The van der Waals surface area contributed by atoms with E-state index in [0.717, 1.165) is 27.7 Å². The molecule has 0 spiro atoms. The van der Waals surface area contributed by atoms with Gasteiger partial charge in [-0.2, -0.15) is 5.26 Å². The van der Waals surface area contributed by atoms with E-state index < -0.39 is 0 Å². The van der Waals surface area contributed by atoms with Crippen molar-refractivity contribution in [2.45, 2.75) is 5.92 Å². The van der Waals surface area contributed by atoms with E-state index in [1.165, 1.54) is 11.3 Å². The maximum atomic E-state index is 9.73. The predicted octanol–water partition coefficient (Wildman–Crippen LogP) is 4.53. The van der Waals surface area contributed by atoms with Gasteiger partial charge in [0.25, 0.3) is 0 Å². The first-order valence-corrected chi connectivity index (χ1v) is 9.48. The van der Waals surface area contributed by atoms with Gasteiger partial charge in [0.05, 0.1) is 29.5 Å².